The summed E-state index contributed by atoms with van der Waals surface area (Å²) in [6, 6.07) is 11.8. The molecule has 1 aromatic carbocycles. The zero-order chi connectivity index (χ0) is 21.0. The molecular weight excluding hydrogens is 366 g/mol. The topological polar surface area (TPSA) is 69.6 Å². The number of aryl methyl sites for hydroxylation is 1. The Hall–Kier alpha value is -2.96. The van der Waals surface area contributed by atoms with Crippen LogP contribution in [0, 0.1) is 6.92 Å². The molecule has 1 saturated heterocycles. The molecule has 0 unspecified atom stereocenters. The lowest BCUT2D eigenvalue weighted by Gasteiger charge is -2.35. The third-order valence-corrected chi connectivity index (χ3v) is 5.17. The fourth-order valence-corrected chi connectivity index (χ4v) is 3.49. The maximum atomic E-state index is 13.3. The first-order chi connectivity index (χ1) is 13.8. The molecule has 29 heavy (non-hydrogen) atoms. The van der Waals surface area contributed by atoms with Crippen LogP contribution in [0.15, 0.2) is 36.4 Å². The number of anilines is 1. The molecule has 0 atom stereocenters. The summed E-state index contributed by atoms with van der Waals surface area (Å²) in [5.74, 6) is 1.31. The van der Waals surface area contributed by atoms with Crippen molar-refractivity contribution in [3.05, 3.63) is 53.5 Å². The zero-order valence-electron chi connectivity index (χ0n) is 17.6. The van der Waals surface area contributed by atoms with Gasteiger partial charge in [0.05, 0.1) is 0 Å². The lowest BCUT2D eigenvalue weighted by atomic mass is 10.1. The molecule has 1 aliphatic heterocycles. The Morgan fingerprint density at radius 1 is 1.07 bits per heavy atom. The van der Waals surface area contributed by atoms with Crippen LogP contribution in [0.5, 0.6) is 0 Å². The summed E-state index contributed by atoms with van der Waals surface area (Å²) < 4.78 is 0. The van der Waals surface area contributed by atoms with Gasteiger partial charge >= 0.3 is 0 Å². The summed E-state index contributed by atoms with van der Waals surface area (Å²) in [5, 5.41) is 0. The molecule has 1 aliphatic rings. The minimum Gasteiger partial charge on any atom is -0.353 e. The van der Waals surface area contributed by atoms with Crippen molar-refractivity contribution in [2.75, 3.05) is 31.1 Å². The first-order valence-electron chi connectivity index (χ1n) is 10.1. The number of rotatable bonds is 5. The zero-order valence-corrected chi connectivity index (χ0v) is 17.6. The van der Waals surface area contributed by atoms with Crippen molar-refractivity contribution < 1.29 is 9.59 Å². The van der Waals surface area contributed by atoms with Crippen LogP contribution in [0.4, 0.5) is 5.82 Å². The summed E-state index contributed by atoms with van der Waals surface area (Å²) in [7, 11) is 0. The van der Waals surface area contributed by atoms with E-state index < -0.39 is 0 Å². The molecule has 0 bridgehead atoms. The third kappa shape index (κ3) is 5.10. The second-order valence-corrected chi connectivity index (χ2v) is 7.66. The van der Waals surface area contributed by atoms with E-state index in [9.17, 15) is 9.59 Å². The lowest BCUT2D eigenvalue weighted by Crippen LogP contribution is -2.48. The Bertz CT molecular complexity index is 861. The van der Waals surface area contributed by atoms with Crippen LogP contribution in [0.3, 0.4) is 0 Å². The van der Waals surface area contributed by atoms with Gasteiger partial charge in [0.25, 0.3) is 5.91 Å². The average Bonchev–Trinajstić information content (AvgIpc) is 2.71. The minimum atomic E-state index is -0.0991. The van der Waals surface area contributed by atoms with Crippen molar-refractivity contribution in [3.63, 3.8) is 0 Å². The molecule has 3 rings (SSSR count). The van der Waals surface area contributed by atoms with Gasteiger partial charge in [0.15, 0.2) is 0 Å². The third-order valence-electron chi connectivity index (χ3n) is 5.17. The summed E-state index contributed by atoms with van der Waals surface area (Å²) in [4.78, 5) is 39.6. The van der Waals surface area contributed by atoms with Crippen molar-refractivity contribution in [2.24, 2.45) is 0 Å². The second-order valence-electron chi connectivity index (χ2n) is 7.66. The fraction of sp³-hybridized carbons (Fsp3) is 0.455. The largest absolute Gasteiger partial charge is 0.353 e. The molecule has 0 radical (unpaired) electrons. The van der Waals surface area contributed by atoms with E-state index in [1.807, 2.05) is 60.9 Å². The summed E-state index contributed by atoms with van der Waals surface area (Å²) >= 11 is 0. The molecule has 7 heteroatoms. The van der Waals surface area contributed by atoms with E-state index in [-0.39, 0.29) is 17.9 Å². The molecule has 0 aliphatic carbocycles. The Morgan fingerprint density at radius 3 is 2.31 bits per heavy atom. The normalized spacial score (nSPS) is 14.2. The van der Waals surface area contributed by atoms with Gasteiger partial charge in [-0.3, -0.25) is 9.59 Å². The predicted octanol–water partition coefficient (Wildman–Crippen LogP) is 2.50. The van der Waals surface area contributed by atoms with E-state index in [1.165, 1.54) is 0 Å². The van der Waals surface area contributed by atoms with Gasteiger partial charge in [-0.1, -0.05) is 30.3 Å². The first kappa shape index (κ1) is 20.8. The molecule has 1 aromatic heterocycles. The quantitative estimate of drug-likeness (QED) is 0.778. The van der Waals surface area contributed by atoms with Crippen molar-refractivity contribution in [1.82, 2.24) is 19.8 Å². The van der Waals surface area contributed by atoms with Gasteiger partial charge in [0.1, 0.15) is 17.3 Å². The number of carbonyl (C=O) groups excluding carboxylic acids is 2. The van der Waals surface area contributed by atoms with Gasteiger partial charge in [0, 0.05) is 51.8 Å². The van der Waals surface area contributed by atoms with E-state index in [1.54, 1.807) is 13.0 Å². The highest BCUT2D eigenvalue weighted by molar-refractivity contribution is 5.93. The van der Waals surface area contributed by atoms with E-state index >= 15 is 0 Å². The van der Waals surface area contributed by atoms with Crippen LogP contribution in [-0.4, -0.2) is 63.8 Å². The fourth-order valence-electron chi connectivity index (χ4n) is 3.49. The molecule has 0 N–H and O–H groups in total. The first-order valence-corrected chi connectivity index (χ1v) is 10.1. The smallest absolute Gasteiger partial charge is 0.273 e. The molecule has 0 saturated carbocycles. The average molecular weight is 396 g/mol. The molecule has 2 amide bonds. The highest BCUT2D eigenvalue weighted by atomic mass is 16.2. The Kier molecular flexibility index (Phi) is 6.46. The molecular formula is C22H29N5O2. The molecule has 1 fully saturated rings. The van der Waals surface area contributed by atoms with E-state index in [0.29, 0.717) is 44.2 Å². The molecule has 154 valence electrons. The standard InChI is InChI=1S/C22H29N5O2/c1-16(2)27(15-19-8-6-5-7-9-19)22(29)20-14-21(24-17(3)23-20)26-12-10-25(11-13-26)18(4)28/h5-9,14,16H,10-13,15H2,1-4H3. The van der Waals surface area contributed by atoms with Crippen molar-refractivity contribution >= 4 is 17.6 Å². The molecule has 2 aromatic rings. The molecule has 0 spiro atoms. The van der Waals surface area contributed by atoms with Gasteiger partial charge in [-0.05, 0) is 26.3 Å². The molecule has 7 nitrogen and oxygen atoms in total. The number of hydrogen-bond acceptors (Lipinski definition) is 5. The number of hydrogen-bond donors (Lipinski definition) is 0. The van der Waals surface area contributed by atoms with Gasteiger partial charge in [0.2, 0.25) is 5.91 Å². The van der Waals surface area contributed by atoms with Gasteiger partial charge in [-0.15, -0.1) is 0 Å². The van der Waals surface area contributed by atoms with Gasteiger partial charge in [-0.2, -0.15) is 0 Å². The predicted molar refractivity (Wildman–Crippen MR) is 113 cm³/mol. The maximum absolute atomic E-state index is 13.3. The number of aromatic nitrogens is 2. The Morgan fingerprint density at radius 2 is 1.72 bits per heavy atom. The highest BCUT2D eigenvalue weighted by Gasteiger charge is 2.24. The lowest BCUT2D eigenvalue weighted by molar-refractivity contribution is -0.129. The van der Waals surface area contributed by atoms with Crippen LogP contribution >= 0.6 is 0 Å². The number of piperazine rings is 1. The summed E-state index contributed by atoms with van der Waals surface area (Å²) in [6.07, 6.45) is 0. The number of nitrogens with zero attached hydrogens (tertiary/aromatic N) is 5. The van der Waals surface area contributed by atoms with Gasteiger partial charge in [-0.25, -0.2) is 9.97 Å². The second kappa shape index (κ2) is 9.03. The van der Waals surface area contributed by atoms with Crippen LogP contribution in [-0.2, 0) is 11.3 Å². The highest BCUT2D eigenvalue weighted by Crippen LogP contribution is 2.18. The SMILES string of the molecule is CC(=O)N1CCN(c2cc(C(=O)N(Cc3ccccc3)C(C)C)nc(C)n2)CC1. The van der Waals surface area contributed by atoms with E-state index in [4.69, 9.17) is 0 Å². The number of benzene rings is 1. The van der Waals surface area contributed by atoms with Crippen molar-refractivity contribution in [1.29, 1.82) is 0 Å². The van der Waals surface area contributed by atoms with E-state index in [0.717, 1.165) is 11.4 Å². The Balaban J connectivity index is 1.80. The van der Waals surface area contributed by atoms with Gasteiger partial charge < -0.3 is 14.7 Å². The maximum Gasteiger partial charge on any atom is 0.273 e. The van der Waals surface area contributed by atoms with Crippen LogP contribution in [0.25, 0.3) is 0 Å². The summed E-state index contributed by atoms with van der Waals surface area (Å²) in [5.41, 5.74) is 1.49. The van der Waals surface area contributed by atoms with Crippen LogP contribution in [0.2, 0.25) is 0 Å². The number of amides is 2. The monoisotopic (exact) mass is 395 g/mol. The van der Waals surface area contributed by atoms with Crippen LogP contribution < -0.4 is 4.90 Å². The Labute approximate surface area is 172 Å². The van der Waals surface area contributed by atoms with E-state index in [2.05, 4.69) is 14.9 Å². The molecule has 2 heterocycles. The van der Waals surface area contributed by atoms with Crippen LogP contribution in [0.1, 0.15) is 42.6 Å². The summed E-state index contributed by atoms with van der Waals surface area (Å²) in [6.45, 7) is 10.7. The number of carbonyl (C=O) groups is 2. The van der Waals surface area contributed by atoms with Crippen molar-refractivity contribution in [2.45, 2.75) is 40.3 Å². The minimum absolute atomic E-state index is 0.0422. The van der Waals surface area contributed by atoms with Crippen molar-refractivity contribution in [3.8, 4) is 0 Å².